The normalized spacial score (nSPS) is 53.0. The summed E-state index contributed by atoms with van der Waals surface area (Å²) in [5.74, 6) is 0. The minimum absolute atomic E-state index is 0.679. The van der Waals surface area contributed by atoms with Gasteiger partial charge in [-0.25, -0.2) is 3.11 Å². The van der Waals surface area contributed by atoms with Crippen LogP contribution in [0.4, 0.5) is 0 Å². The van der Waals surface area contributed by atoms with Crippen LogP contribution in [0.5, 0.6) is 0 Å². The highest BCUT2D eigenvalue weighted by Crippen LogP contribution is 2.39. The molecule has 0 aliphatic carbocycles. The van der Waals surface area contributed by atoms with Crippen LogP contribution in [0.1, 0.15) is 25.7 Å². The Morgan fingerprint density at radius 1 is 1.06 bits per heavy atom. The van der Waals surface area contributed by atoms with Crippen LogP contribution in [0.3, 0.4) is 0 Å². The molecule has 0 amide bonds. The number of nitrogens with zero attached hydrogens (tertiary/aromatic N) is 2. The molecule has 0 saturated carbocycles. The maximum atomic E-state index is 3.86. The summed E-state index contributed by atoms with van der Waals surface area (Å²) in [5.41, 5.74) is 0. The zero-order valence-corrected chi connectivity index (χ0v) is 13.1. The van der Waals surface area contributed by atoms with Crippen molar-refractivity contribution in [3.63, 3.8) is 0 Å². The van der Waals surface area contributed by atoms with Crippen LogP contribution in [-0.4, -0.2) is 64.4 Å². The average molecular weight is 362 g/mol. The number of halogens is 1. The summed E-state index contributed by atoms with van der Waals surface area (Å²) in [4.78, 5) is 2.65. The van der Waals surface area contributed by atoms with E-state index < -0.39 is 0 Å². The number of nitrogens with one attached hydrogen (secondary N) is 2. The van der Waals surface area contributed by atoms with Gasteiger partial charge in [-0.3, -0.25) is 4.90 Å². The third-order valence-corrected chi connectivity index (χ3v) is 7.18. The molecule has 4 unspecified atom stereocenters. The van der Waals surface area contributed by atoms with Gasteiger partial charge in [0, 0.05) is 65.7 Å². The van der Waals surface area contributed by atoms with Crippen molar-refractivity contribution in [2.45, 2.75) is 61.9 Å². The minimum atomic E-state index is 0.679. The lowest BCUT2D eigenvalue weighted by Gasteiger charge is -2.43. The molecule has 4 rings (SSSR count). The lowest BCUT2D eigenvalue weighted by atomic mass is 9.95. The molecule has 0 radical (unpaired) electrons. The van der Waals surface area contributed by atoms with Gasteiger partial charge in [-0.2, -0.15) is 0 Å². The fourth-order valence-electron chi connectivity index (χ4n) is 4.72. The van der Waals surface area contributed by atoms with Crippen molar-refractivity contribution in [1.82, 2.24) is 18.6 Å². The molecule has 2 N–H and O–H groups in total. The number of rotatable bonds is 1. The van der Waals surface area contributed by atoms with Gasteiger partial charge in [0.1, 0.15) is 0 Å². The smallest absolute Gasteiger partial charge is 0.0389 e. The second kappa shape index (κ2) is 4.55. The lowest BCUT2D eigenvalue weighted by Crippen LogP contribution is -2.62. The predicted octanol–water partition coefficient (Wildman–Crippen LogP) is 0.576. The summed E-state index contributed by atoms with van der Waals surface area (Å²) < 4.78 is 2.65. The number of fused-ring (bicyclic) bond motifs is 3. The van der Waals surface area contributed by atoms with Gasteiger partial charge in [-0.1, -0.05) is 0 Å². The second-order valence-electron chi connectivity index (χ2n) is 6.46. The van der Waals surface area contributed by atoms with Crippen LogP contribution >= 0.6 is 22.9 Å². The van der Waals surface area contributed by atoms with Crippen LogP contribution in [0.15, 0.2) is 0 Å². The van der Waals surface area contributed by atoms with Crippen LogP contribution in [0, 0.1) is 0 Å². The molecule has 0 spiro atoms. The third-order valence-electron chi connectivity index (χ3n) is 5.75. The number of hydrogen-bond donors (Lipinski definition) is 2. The Hall–Kier alpha value is 0.570. The maximum absolute atomic E-state index is 3.86. The quantitative estimate of drug-likeness (QED) is 0.528. The van der Waals surface area contributed by atoms with Gasteiger partial charge in [-0.05, 0) is 39.3 Å². The number of hydrogen-bond acceptors (Lipinski definition) is 4. The molecule has 4 aliphatic heterocycles. The van der Waals surface area contributed by atoms with Gasteiger partial charge in [-0.15, -0.1) is 0 Å². The Labute approximate surface area is 123 Å². The van der Waals surface area contributed by atoms with Crippen molar-refractivity contribution in [2.24, 2.45) is 0 Å². The summed E-state index contributed by atoms with van der Waals surface area (Å²) >= 11 is 2.60. The highest BCUT2D eigenvalue weighted by Gasteiger charge is 2.50. The molecule has 0 aromatic rings. The SMILES string of the molecule is CN1C2CCC1C(C1C[C@H]3NCC[C@H]3N1I)NC2. The Morgan fingerprint density at radius 3 is 2.78 bits per heavy atom. The van der Waals surface area contributed by atoms with Gasteiger partial charge in [0.05, 0.1) is 0 Å². The molecule has 6 atom stereocenters. The Morgan fingerprint density at radius 2 is 1.94 bits per heavy atom. The molecule has 5 heteroatoms. The second-order valence-corrected chi connectivity index (χ2v) is 7.58. The Balaban J connectivity index is 1.53. The Bertz CT molecular complexity index is 339. The lowest BCUT2D eigenvalue weighted by molar-refractivity contribution is 0.116. The summed E-state index contributed by atoms with van der Waals surface area (Å²) in [6.45, 7) is 2.41. The van der Waals surface area contributed by atoms with Gasteiger partial charge in [0.2, 0.25) is 0 Å². The summed E-state index contributed by atoms with van der Waals surface area (Å²) in [6, 6.07) is 4.50. The van der Waals surface area contributed by atoms with E-state index in [9.17, 15) is 0 Å². The van der Waals surface area contributed by atoms with Crippen molar-refractivity contribution in [3.05, 3.63) is 0 Å². The molecule has 4 nitrogen and oxygen atoms in total. The van der Waals surface area contributed by atoms with Crippen LogP contribution < -0.4 is 10.6 Å². The molecule has 0 aromatic heterocycles. The first-order valence-corrected chi connectivity index (χ1v) is 8.35. The first-order valence-electron chi connectivity index (χ1n) is 7.38. The fourth-order valence-corrected chi connectivity index (χ4v) is 5.96. The number of likely N-dealkylation sites (N-methyl/N-ethyl adjacent to an activating group) is 1. The van der Waals surface area contributed by atoms with Crippen LogP contribution in [0.25, 0.3) is 0 Å². The molecule has 4 saturated heterocycles. The fraction of sp³-hybridized carbons (Fsp3) is 1.00. The molecule has 4 fully saturated rings. The molecule has 2 bridgehead atoms. The van der Waals surface area contributed by atoms with E-state index in [0.29, 0.717) is 6.04 Å². The van der Waals surface area contributed by atoms with E-state index in [2.05, 4.69) is 48.6 Å². The van der Waals surface area contributed by atoms with Crippen molar-refractivity contribution < 1.29 is 0 Å². The molecular weight excluding hydrogens is 339 g/mol. The summed E-state index contributed by atoms with van der Waals surface area (Å²) in [6.07, 6.45) is 5.45. The topological polar surface area (TPSA) is 30.5 Å². The van der Waals surface area contributed by atoms with E-state index in [4.69, 9.17) is 0 Å². The van der Waals surface area contributed by atoms with Crippen molar-refractivity contribution in [3.8, 4) is 0 Å². The predicted molar refractivity (Wildman–Crippen MR) is 80.8 cm³/mol. The van der Waals surface area contributed by atoms with E-state index in [1.54, 1.807) is 0 Å². The molecule has 0 aromatic carbocycles. The zero-order chi connectivity index (χ0) is 12.3. The van der Waals surface area contributed by atoms with E-state index in [1.807, 2.05) is 0 Å². The van der Waals surface area contributed by atoms with Crippen molar-refractivity contribution in [2.75, 3.05) is 20.1 Å². The van der Waals surface area contributed by atoms with Crippen LogP contribution in [0.2, 0.25) is 0 Å². The van der Waals surface area contributed by atoms with Gasteiger partial charge < -0.3 is 10.6 Å². The summed E-state index contributed by atoms with van der Waals surface area (Å²) in [7, 11) is 2.34. The van der Waals surface area contributed by atoms with Crippen molar-refractivity contribution >= 4 is 22.9 Å². The highest BCUT2D eigenvalue weighted by atomic mass is 127. The van der Waals surface area contributed by atoms with E-state index >= 15 is 0 Å². The van der Waals surface area contributed by atoms with Gasteiger partial charge in [0.25, 0.3) is 0 Å². The molecule has 102 valence electrons. The van der Waals surface area contributed by atoms with E-state index in [1.165, 1.54) is 38.8 Å². The first kappa shape index (κ1) is 12.3. The molecule has 4 heterocycles. The number of piperazine rings is 1. The van der Waals surface area contributed by atoms with Gasteiger partial charge in [0.15, 0.2) is 0 Å². The molecule has 18 heavy (non-hydrogen) atoms. The first-order chi connectivity index (χ1) is 8.75. The Kier molecular flexibility index (Phi) is 3.11. The van der Waals surface area contributed by atoms with E-state index in [0.717, 1.165) is 30.2 Å². The average Bonchev–Trinajstić information content (AvgIpc) is 2.97. The highest BCUT2D eigenvalue weighted by molar-refractivity contribution is 14.1. The standard InChI is InChI=1S/C13H23IN4/c1-17-8-2-3-11(17)13(16-7-8)12-6-9-10(18(12)14)4-5-15-9/h8-13,15-16H,2-7H2,1H3/t8?,9-,10-,11?,12?,13?/m1/s1. The summed E-state index contributed by atoms with van der Waals surface area (Å²) in [5, 5.41) is 7.54. The molecular formula is C13H23IN4. The van der Waals surface area contributed by atoms with E-state index in [-0.39, 0.29) is 0 Å². The third kappa shape index (κ3) is 1.70. The van der Waals surface area contributed by atoms with Crippen molar-refractivity contribution in [1.29, 1.82) is 0 Å². The van der Waals surface area contributed by atoms with Crippen LogP contribution in [-0.2, 0) is 0 Å². The van der Waals surface area contributed by atoms with Gasteiger partial charge >= 0.3 is 0 Å². The molecule has 4 aliphatic rings. The zero-order valence-electron chi connectivity index (χ0n) is 11.0. The monoisotopic (exact) mass is 362 g/mol. The minimum Gasteiger partial charge on any atom is -0.312 e. The largest absolute Gasteiger partial charge is 0.312 e. The maximum Gasteiger partial charge on any atom is 0.0389 e.